The van der Waals surface area contributed by atoms with Gasteiger partial charge in [-0.3, -0.25) is 4.99 Å². The third-order valence-electron chi connectivity index (χ3n) is 3.75. The molecule has 20 heavy (non-hydrogen) atoms. The van der Waals surface area contributed by atoms with E-state index in [0.717, 1.165) is 36.4 Å². The second-order valence-corrected chi connectivity index (χ2v) is 5.28. The van der Waals surface area contributed by atoms with Gasteiger partial charge in [-0.2, -0.15) is 0 Å². The van der Waals surface area contributed by atoms with Crippen LogP contribution in [0.4, 0.5) is 0 Å². The molecule has 3 rings (SSSR count). The Kier molecular flexibility index (Phi) is 3.55. The first-order chi connectivity index (χ1) is 9.74. The summed E-state index contributed by atoms with van der Waals surface area (Å²) >= 11 is 0. The van der Waals surface area contributed by atoms with Crippen LogP contribution in [0.1, 0.15) is 29.5 Å². The summed E-state index contributed by atoms with van der Waals surface area (Å²) in [7, 11) is 0. The number of aryl methyl sites for hydroxylation is 2. The zero-order valence-corrected chi connectivity index (χ0v) is 12.0. The molecule has 0 N–H and O–H groups in total. The van der Waals surface area contributed by atoms with Gasteiger partial charge in [0, 0.05) is 17.8 Å². The summed E-state index contributed by atoms with van der Waals surface area (Å²) in [4.78, 5) is 4.62. The average Bonchev–Trinajstić information content (AvgIpc) is 2.98. The van der Waals surface area contributed by atoms with E-state index in [1.807, 2.05) is 30.3 Å². The lowest BCUT2D eigenvalue weighted by atomic mass is 10.0. The highest BCUT2D eigenvalue weighted by atomic mass is 16.5. The Bertz CT molecular complexity index is 644. The van der Waals surface area contributed by atoms with E-state index in [1.54, 1.807) is 0 Å². The molecule has 102 valence electrons. The minimum atomic E-state index is 0.871. The Hall–Kier alpha value is -2.09. The van der Waals surface area contributed by atoms with Crippen LogP contribution in [-0.2, 0) is 0 Å². The fourth-order valence-corrected chi connectivity index (χ4v) is 2.47. The lowest BCUT2D eigenvalue weighted by molar-refractivity contribution is 0.481. The van der Waals surface area contributed by atoms with Crippen LogP contribution in [0, 0.1) is 13.8 Å². The first-order valence-corrected chi connectivity index (χ1v) is 7.12. The van der Waals surface area contributed by atoms with Crippen LogP contribution in [-0.4, -0.2) is 12.3 Å². The summed E-state index contributed by atoms with van der Waals surface area (Å²) < 4.78 is 6.08. The lowest BCUT2D eigenvalue weighted by Crippen LogP contribution is -2.02. The van der Waals surface area contributed by atoms with Crippen molar-refractivity contribution in [2.45, 2.75) is 26.7 Å². The van der Waals surface area contributed by atoms with E-state index in [4.69, 9.17) is 4.74 Å². The number of benzene rings is 2. The van der Waals surface area contributed by atoms with E-state index < -0.39 is 0 Å². The van der Waals surface area contributed by atoms with Crippen molar-refractivity contribution < 1.29 is 4.74 Å². The maximum Gasteiger partial charge on any atom is 0.136 e. The molecule has 0 fully saturated rings. The van der Waals surface area contributed by atoms with Gasteiger partial charge in [-0.15, -0.1) is 0 Å². The van der Waals surface area contributed by atoms with E-state index in [2.05, 4.69) is 31.0 Å². The first kappa shape index (κ1) is 12.9. The molecular formula is C18H19NO. The molecule has 2 aromatic carbocycles. The number of hydrogen-bond acceptors (Lipinski definition) is 2. The molecule has 0 saturated carbocycles. The average molecular weight is 265 g/mol. The van der Waals surface area contributed by atoms with Gasteiger partial charge >= 0.3 is 0 Å². The van der Waals surface area contributed by atoms with Gasteiger partial charge in [-0.25, -0.2) is 0 Å². The molecule has 0 aromatic heterocycles. The smallest absolute Gasteiger partial charge is 0.136 e. The molecule has 0 aliphatic carbocycles. The SMILES string of the molecule is Cc1cc(Oc2ccccc2)c(C2=NCCC2)cc1C. The zero-order valence-electron chi connectivity index (χ0n) is 12.0. The van der Waals surface area contributed by atoms with E-state index in [9.17, 15) is 0 Å². The van der Waals surface area contributed by atoms with Gasteiger partial charge in [0.05, 0.1) is 0 Å². The van der Waals surface area contributed by atoms with Gasteiger partial charge in [0.2, 0.25) is 0 Å². The van der Waals surface area contributed by atoms with Crippen molar-refractivity contribution in [2.24, 2.45) is 4.99 Å². The Morgan fingerprint density at radius 3 is 2.45 bits per heavy atom. The first-order valence-electron chi connectivity index (χ1n) is 7.12. The Morgan fingerprint density at radius 1 is 1.00 bits per heavy atom. The summed E-state index contributed by atoms with van der Waals surface area (Å²) in [5.41, 5.74) is 4.86. The normalized spacial score (nSPS) is 14.2. The summed E-state index contributed by atoms with van der Waals surface area (Å²) in [6, 6.07) is 14.3. The second-order valence-electron chi connectivity index (χ2n) is 5.28. The van der Waals surface area contributed by atoms with Gasteiger partial charge in [0.1, 0.15) is 11.5 Å². The van der Waals surface area contributed by atoms with Crippen LogP contribution in [0.25, 0.3) is 0 Å². The zero-order chi connectivity index (χ0) is 13.9. The predicted octanol–water partition coefficient (Wildman–Crippen LogP) is 4.68. The molecule has 0 spiro atoms. The van der Waals surface area contributed by atoms with Crippen molar-refractivity contribution in [3.8, 4) is 11.5 Å². The molecule has 0 amide bonds. The summed E-state index contributed by atoms with van der Waals surface area (Å²) in [6.07, 6.45) is 2.20. The fourth-order valence-electron chi connectivity index (χ4n) is 2.47. The highest BCUT2D eigenvalue weighted by Crippen LogP contribution is 2.30. The summed E-state index contributed by atoms with van der Waals surface area (Å²) in [5.74, 6) is 1.79. The fraction of sp³-hybridized carbons (Fsp3) is 0.278. The predicted molar refractivity (Wildman–Crippen MR) is 83.1 cm³/mol. The number of nitrogens with zero attached hydrogens (tertiary/aromatic N) is 1. The van der Waals surface area contributed by atoms with Crippen LogP contribution in [0.5, 0.6) is 11.5 Å². The molecule has 0 radical (unpaired) electrons. The van der Waals surface area contributed by atoms with Gasteiger partial charge < -0.3 is 4.74 Å². The largest absolute Gasteiger partial charge is 0.457 e. The molecule has 0 atom stereocenters. The Labute approximate surface area is 120 Å². The third kappa shape index (κ3) is 2.60. The minimum Gasteiger partial charge on any atom is -0.457 e. The second kappa shape index (κ2) is 5.49. The van der Waals surface area contributed by atoms with Crippen LogP contribution in [0.3, 0.4) is 0 Å². The summed E-state index contributed by atoms with van der Waals surface area (Å²) in [5, 5.41) is 0. The maximum absolute atomic E-state index is 6.08. The number of rotatable bonds is 3. The maximum atomic E-state index is 6.08. The number of ether oxygens (including phenoxy) is 1. The third-order valence-corrected chi connectivity index (χ3v) is 3.75. The van der Waals surface area contributed by atoms with E-state index in [1.165, 1.54) is 16.8 Å². The Morgan fingerprint density at radius 2 is 1.75 bits per heavy atom. The van der Waals surface area contributed by atoms with Gasteiger partial charge in [-0.05, 0) is 62.1 Å². The van der Waals surface area contributed by atoms with Crippen LogP contribution >= 0.6 is 0 Å². The van der Waals surface area contributed by atoms with Crippen LogP contribution in [0.2, 0.25) is 0 Å². The lowest BCUT2D eigenvalue weighted by Gasteiger charge is -2.14. The van der Waals surface area contributed by atoms with Crippen molar-refractivity contribution in [1.29, 1.82) is 0 Å². The van der Waals surface area contributed by atoms with Gasteiger partial charge in [0.25, 0.3) is 0 Å². The van der Waals surface area contributed by atoms with Gasteiger partial charge in [0.15, 0.2) is 0 Å². The molecule has 0 bridgehead atoms. The van der Waals surface area contributed by atoms with Crippen molar-refractivity contribution in [3.05, 3.63) is 59.2 Å². The molecule has 2 nitrogen and oxygen atoms in total. The van der Waals surface area contributed by atoms with Crippen molar-refractivity contribution in [1.82, 2.24) is 0 Å². The van der Waals surface area contributed by atoms with E-state index in [-0.39, 0.29) is 0 Å². The molecule has 0 unspecified atom stereocenters. The minimum absolute atomic E-state index is 0.871. The van der Waals surface area contributed by atoms with Crippen LogP contribution < -0.4 is 4.74 Å². The molecule has 1 aliphatic heterocycles. The standard InChI is InChI=1S/C18H19NO/c1-13-11-16(17-9-6-10-19-17)18(12-14(13)2)20-15-7-4-3-5-8-15/h3-5,7-8,11-12H,6,9-10H2,1-2H3. The number of aliphatic imine (C=N–C) groups is 1. The topological polar surface area (TPSA) is 21.6 Å². The summed E-state index contributed by atoms with van der Waals surface area (Å²) in [6.45, 7) is 5.20. The molecule has 1 heterocycles. The molecular weight excluding hydrogens is 246 g/mol. The van der Waals surface area contributed by atoms with Crippen LogP contribution in [0.15, 0.2) is 47.5 Å². The van der Waals surface area contributed by atoms with Crippen molar-refractivity contribution >= 4 is 5.71 Å². The van der Waals surface area contributed by atoms with Crippen molar-refractivity contribution in [3.63, 3.8) is 0 Å². The molecule has 1 aliphatic rings. The molecule has 2 aromatic rings. The van der Waals surface area contributed by atoms with Gasteiger partial charge in [-0.1, -0.05) is 18.2 Å². The Balaban J connectivity index is 2.02. The molecule has 0 saturated heterocycles. The van der Waals surface area contributed by atoms with Crippen molar-refractivity contribution in [2.75, 3.05) is 6.54 Å². The molecule has 2 heteroatoms. The van der Waals surface area contributed by atoms with E-state index >= 15 is 0 Å². The highest BCUT2D eigenvalue weighted by molar-refractivity contribution is 6.04. The number of hydrogen-bond donors (Lipinski definition) is 0. The quantitative estimate of drug-likeness (QED) is 0.789. The van der Waals surface area contributed by atoms with E-state index in [0.29, 0.717) is 0 Å². The highest BCUT2D eigenvalue weighted by Gasteiger charge is 2.16. The number of para-hydroxylation sites is 1. The monoisotopic (exact) mass is 265 g/mol.